The molecule has 0 fully saturated rings. The first-order chi connectivity index (χ1) is 8.15. The Balaban J connectivity index is 2.56. The smallest absolute Gasteiger partial charge is 0.270 e. The number of nitrogens with one attached hydrogen (secondary N) is 1. The number of hydrazine groups is 1. The van der Waals surface area contributed by atoms with Crippen LogP contribution in [0, 0.1) is 6.92 Å². The first-order valence-electron chi connectivity index (χ1n) is 5.06. The number of amides is 1. The van der Waals surface area contributed by atoms with E-state index in [-0.39, 0.29) is 5.82 Å². The largest absolute Gasteiger partial charge is 0.383 e. The first-order valence-corrected chi connectivity index (χ1v) is 5.06. The van der Waals surface area contributed by atoms with Crippen molar-refractivity contribution < 1.29 is 4.79 Å². The van der Waals surface area contributed by atoms with Crippen molar-refractivity contribution >= 4 is 11.7 Å². The van der Waals surface area contributed by atoms with Gasteiger partial charge in [0, 0.05) is 0 Å². The van der Waals surface area contributed by atoms with Crippen molar-refractivity contribution in [3.05, 3.63) is 41.6 Å². The van der Waals surface area contributed by atoms with Crippen LogP contribution in [0.25, 0.3) is 5.69 Å². The molecule has 2 aromatic rings. The fourth-order valence-corrected chi connectivity index (χ4v) is 1.66. The van der Waals surface area contributed by atoms with Crippen molar-refractivity contribution in [2.45, 2.75) is 6.92 Å². The number of benzene rings is 1. The van der Waals surface area contributed by atoms with E-state index >= 15 is 0 Å². The minimum Gasteiger partial charge on any atom is -0.383 e. The molecule has 0 aliphatic rings. The summed E-state index contributed by atoms with van der Waals surface area (Å²) in [6, 6.07) is 9.34. The Hall–Kier alpha value is -2.34. The number of hydrogen-bond acceptors (Lipinski definition) is 4. The first kappa shape index (κ1) is 11.2. The summed E-state index contributed by atoms with van der Waals surface area (Å²) in [4.78, 5) is 11.5. The summed E-state index contributed by atoms with van der Waals surface area (Å²) in [5.41, 5.74) is 9.59. The summed E-state index contributed by atoms with van der Waals surface area (Å²) < 4.78 is 1.51. The highest BCUT2D eigenvalue weighted by molar-refractivity contribution is 5.99. The lowest BCUT2D eigenvalue weighted by atomic mass is 10.2. The van der Waals surface area contributed by atoms with Gasteiger partial charge in [0.1, 0.15) is 11.4 Å². The SMILES string of the molecule is Cc1nn(-c2ccccc2)c(N)c1C(=O)NN. The van der Waals surface area contributed by atoms with E-state index in [0.29, 0.717) is 11.3 Å². The van der Waals surface area contributed by atoms with Gasteiger partial charge in [-0.15, -0.1) is 0 Å². The predicted molar refractivity (Wildman–Crippen MR) is 64.4 cm³/mol. The van der Waals surface area contributed by atoms with Crippen LogP contribution in [0.15, 0.2) is 30.3 Å². The number of carbonyl (C=O) groups excluding carboxylic acids is 1. The quantitative estimate of drug-likeness (QED) is 0.395. The average molecular weight is 231 g/mol. The van der Waals surface area contributed by atoms with E-state index in [0.717, 1.165) is 5.69 Å². The molecule has 5 N–H and O–H groups in total. The molecule has 0 unspecified atom stereocenters. The Labute approximate surface area is 98.2 Å². The van der Waals surface area contributed by atoms with E-state index in [4.69, 9.17) is 11.6 Å². The Morgan fingerprint density at radius 3 is 2.59 bits per heavy atom. The molecule has 17 heavy (non-hydrogen) atoms. The summed E-state index contributed by atoms with van der Waals surface area (Å²) in [5.74, 6) is 4.93. The third-order valence-corrected chi connectivity index (χ3v) is 2.46. The second kappa shape index (κ2) is 4.26. The van der Waals surface area contributed by atoms with Crippen LogP contribution in [0.3, 0.4) is 0 Å². The van der Waals surface area contributed by atoms with E-state index < -0.39 is 5.91 Å². The van der Waals surface area contributed by atoms with Gasteiger partial charge in [0.15, 0.2) is 0 Å². The molecule has 6 heteroatoms. The monoisotopic (exact) mass is 231 g/mol. The van der Waals surface area contributed by atoms with Crippen LogP contribution in [0.2, 0.25) is 0 Å². The molecule has 2 rings (SSSR count). The molecule has 0 atom stereocenters. The zero-order valence-corrected chi connectivity index (χ0v) is 9.34. The van der Waals surface area contributed by atoms with E-state index in [1.807, 2.05) is 30.3 Å². The van der Waals surface area contributed by atoms with Gasteiger partial charge in [-0.1, -0.05) is 18.2 Å². The van der Waals surface area contributed by atoms with Crippen LogP contribution in [0.4, 0.5) is 5.82 Å². The van der Waals surface area contributed by atoms with Crippen LogP contribution in [-0.4, -0.2) is 15.7 Å². The molecule has 6 nitrogen and oxygen atoms in total. The number of carbonyl (C=O) groups is 1. The van der Waals surface area contributed by atoms with E-state index in [2.05, 4.69) is 10.5 Å². The Bertz CT molecular complexity index is 546. The number of nitrogens with zero attached hydrogens (tertiary/aromatic N) is 2. The molecule has 0 aliphatic heterocycles. The molecule has 0 saturated heterocycles. The summed E-state index contributed by atoms with van der Waals surface area (Å²) in [5, 5.41) is 4.22. The lowest BCUT2D eigenvalue weighted by Gasteiger charge is -2.04. The van der Waals surface area contributed by atoms with Gasteiger partial charge >= 0.3 is 0 Å². The number of anilines is 1. The Morgan fingerprint density at radius 2 is 2.00 bits per heavy atom. The zero-order valence-electron chi connectivity index (χ0n) is 9.34. The fourth-order valence-electron chi connectivity index (χ4n) is 1.66. The number of aryl methyl sites for hydroxylation is 1. The van der Waals surface area contributed by atoms with Crippen molar-refractivity contribution in [1.29, 1.82) is 0 Å². The van der Waals surface area contributed by atoms with Crippen LogP contribution >= 0.6 is 0 Å². The van der Waals surface area contributed by atoms with Gasteiger partial charge in [0.05, 0.1) is 11.4 Å². The van der Waals surface area contributed by atoms with E-state index in [9.17, 15) is 4.79 Å². The van der Waals surface area contributed by atoms with Crippen LogP contribution < -0.4 is 17.0 Å². The lowest BCUT2D eigenvalue weighted by molar-refractivity contribution is 0.0954. The van der Waals surface area contributed by atoms with Crippen molar-refractivity contribution in [2.75, 3.05) is 5.73 Å². The van der Waals surface area contributed by atoms with Gasteiger partial charge in [0.2, 0.25) is 0 Å². The third-order valence-electron chi connectivity index (χ3n) is 2.46. The van der Waals surface area contributed by atoms with Crippen molar-refractivity contribution in [1.82, 2.24) is 15.2 Å². The summed E-state index contributed by atoms with van der Waals surface area (Å²) >= 11 is 0. The number of rotatable bonds is 2. The number of nitrogens with two attached hydrogens (primary N) is 2. The number of hydrogen-bond donors (Lipinski definition) is 3. The highest BCUT2D eigenvalue weighted by Gasteiger charge is 2.19. The lowest BCUT2D eigenvalue weighted by Crippen LogP contribution is -2.30. The second-order valence-electron chi connectivity index (χ2n) is 3.57. The molecule has 1 aromatic carbocycles. The van der Waals surface area contributed by atoms with Gasteiger partial charge in [-0.25, -0.2) is 10.5 Å². The number of para-hydroxylation sites is 1. The molecular formula is C11H13N5O. The molecule has 88 valence electrons. The second-order valence-corrected chi connectivity index (χ2v) is 3.57. The number of nitrogen functional groups attached to an aromatic ring is 2. The molecule has 0 spiro atoms. The summed E-state index contributed by atoms with van der Waals surface area (Å²) in [6.07, 6.45) is 0. The zero-order chi connectivity index (χ0) is 12.4. The van der Waals surface area contributed by atoms with E-state index in [1.165, 1.54) is 4.68 Å². The van der Waals surface area contributed by atoms with Gasteiger partial charge in [-0.2, -0.15) is 5.10 Å². The van der Waals surface area contributed by atoms with Crippen LogP contribution in [0.5, 0.6) is 0 Å². The van der Waals surface area contributed by atoms with Crippen LogP contribution in [0.1, 0.15) is 16.1 Å². The Kier molecular flexibility index (Phi) is 2.80. The van der Waals surface area contributed by atoms with E-state index in [1.54, 1.807) is 6.92 Å². The van der Waals surface area contributed by atoms with Gasteiger partial charge in [-0.3, -0.25) is 10.2 Å². The molecule has 1 heterocycles. The highest BCUT2D eigenvalue weighted by atomic mass is 16.2. The van der Waals surface area contributed by atoms with Crippen molar-refractivity contribution in [2.24, 2.45) is 5.84 Å². The molecule has 0 bridgehead atoms. The maximum Gasteiger partial charge on any atom is 0.270 e. The van der Waals surface area contributed by atoms with Gasteiger partial charge in [-0.05, 0) is 19.1 Å². The molecule has 0 saturated carbocycles. The van der Waals surface area contributed by atoms with Gasteiger partial charge in [0.25, 0.3) is 5.91 Å². The Morgan fingerprint density at radius 1 is 1.35 bits per heavy atom. The minimum absolute atomic E-state index is 0.275. The summed E-state index contributed by atoms with van der Waals surface area (Å²) in [6.45, 7) is 1.71. The predicted octanol–water partition coefficient (Wildman–Crippen LogP) is 0.366. The maximum atomic E-state index is 11.5. The highest BCUT2D eigenvalue weighted by Crippen LogP contribution is 2.20. The molecular weight excluding hydrogens is 218 g/mol. The van der Waals surface area contributed by atoms with Crippen LogP contribution in [-0.2, 0) is 0 Å². The standard InChI is InChI=1S/C11H13N5O/c1-7-9(11(17)14-13)10(12)16(15-7)8-5-3-2-4-6-8/h2-6H,12-13H2,1H3,(H,14,17). The molecule has 1 aromatic heterocycles. The third kappa shape index (κ3) is 1.85. The number of aromatic nitrogens is 2. The minimum atomic E-state index is -0.442. The molecule has 0 radical (unpaired) electrons. The van der Waals surface area contributed by atoms with Gasteiger partial charge < -0.3 is 5.73 Å². The molecule has 0 aliphatic carbocycles. The topological polar surface area (TPSA) is 99.0 Å². The normalized spacial score (nSPS) is 10.2. The maximum absolute atomic E-state index is 11.5. The average Bonchev–Trinajstić information content (AvgIpc) is 2.65. The summed E-state index contributed by atoms with van der Waals surface area (Å²) in [7, 11) is 0. The van der Waals surface area contributed by atoms with Crippen molar-refractivity contribution in [3.63, 3.8) is 0 Å². The molecule has 1 amide bonds. The fraction of sp³-hybridized carbons (Fsp3) is 0.0909. The van der Waals surface area contributed by atoms with Crippen molar-refractivity contribution in [3.8, 4) is 5.69 Å².